The molecule has 0 bridgehead atoms. The van der Waals surface area contributed by atoms with Crippen molar-refractivity contribution in [1.29, 1.82) is 0 Å². The summed E-state index contributed by atoms with van der Waals surface area (Å²) in [5, 5.41) is 0. The molecule has 0 amide bonds. The quantitative estimate of drug-likeness (QED) is 0.597. The number of esters is 1. The van der Waals surface area contributed by atoms with Crippen LogP contribution in [0.3, 0.4) is 0 Å². The van der Waals surface area contributed by atoms with E-state index < -0.39 is 6.10 Å². The number of aliphatic imine (C=N–C) groups is 1. The molecule has 0 radical (unpaired) electrons. The molecule has 0 spiro atoms. The first kappa shape index (κ1) is 12.0. The highest BCUT2D eigenvalue weighted by atomic mass is 16.6. The molecule has 0 aliphatic carbocycles. The van der Waals surface area contributed by atoms with Crippen molar-refractivity contribution in [2.75, 3.05) is 32.8 Å². The van der Waals surface area contributed by atoms with Crippen molar-refractivity contribution < 1.29 is 14.3 Å². The number of carbonyl (C=O) groups excluding carboxylic acids is 1. The van der Waals surface area contributed by atoms with Crippen molar-refractivity contribution in [3.8, 4) is 0 Å². The molecular weight excluding hydrogens is 196 g/mol. The molecule has 5 heteroatoms. The largest absolute Gasteiger partial charge is 0.464 e. The minimum absolute atomic E-state index is 0.299. The second-order valence-electron chi connectivity index (χ2n) is 3.32. The van der Waals surface area contributed by atoms with Gasteiger partial charge in [0, 0.05) is 13.1 Å². The maximum atomic E-state index is 11.2. The van der Waals surface area contributed by atoms with Gasteiger partial charge in [-0.15, -0.1) is 0 Å². The minimum atomic E-state index is -0.482. The van der Waals surface area contributed by atoms with Gasteiger partial charge in [-0.1, -0.05) is 0 Å². The van der Waals surface area contributed by atoms with E-state index in [9.17, 15) is 4.79 Å². The first-order valence-corrected chi connectivity index (χ1v) is 5.26. The summed E-state index contributed by atoms with van der Waals surface area (Å²) >= 11 is 0. The van der Waals surface area contributed by atoms with Crippen LogP contribution in [0.15, 0.2) is 4.99 Å². The molecule has 5 nitrogen and oxygen atoms in total. The predicted molar refractivity (Wildman–Crippen MR) is 57.0 cm³/mol. The Kier molecular flexibility index (Phi) is 5.10. The summed E-state index contributed by atoms with van der Waals surface area (Å²) in [6, 6.07) is 0. The Hall–Kier alpha value is -1.10. The minimum Gasteiger partial charge on any atom is -0.464 e. The molecule has 0 N–H and O–H groups in total. The lowest BCUT2D eigenvalue weighted by molar-refractivity contribution is -0.155. The molecule has 1 aliphatic rings. The molecule has 1 heterocycles. The predicted octanol–water partition coefficient (Wildman–Crippen LogP) is 0.298. The van der Waals surface area contributed by atoms with Gasteiger partial charge in [0.1, 0.15) is 0 Å². The van der Waals surface area contributed by atoms with Crippen molar-refractivity contribution in [2.24, 2.45) is 4.99 Å². The Labute approximate surface area is 90.1 Å². The highest BCUT2D eigenvalue weighted by Crippen LogP contribution is 1.97. The molecule has 0 fully saturated rings. The van der Waals surface area contributed by atoms with Crippen molar-refractivity contribution in [2.45, 2.75) is 20.0 Å². The fraction of sp³-hybridized carbons (Fsp3) is 0.800. The average Bonchev–Trinajstić information content (AvgIpc) is 2.71. The highest BCUT2D eigenvalue weighted by molar-refractivity contribution is 5.74. The molecule has 86 valence electrons. The normalized spacial score (nSPS) is 16.8. The zero-order valence-electron chi connectivity index (χ0n) is 9.31. The van der Waals surface area contributed by atoms with E-state index in [0.29, 0.717) is 13.2 Å². The van der Waals surface area contributed by atoms with Crippen molar-refractivity contribution in [3.05, 3.63) is 0 Å². The Morgan fingerprint density at radius 3 is 3.07 bits per heavy atom. The number of hydrogen-bond acceptors (Lipinski definition) is 5. The molecule has 0 aromatic heterocycles. The van der Waals surface area contributed by atoms with E-state index >= 15 is 0 Å². The van der Waals surface area contributed by atoms with Crippen LogP contribution in [0.5, 0.6) is 0 Å². The summed E-state index contributed by atoms with van der Waals surface area (Å²) in [6.45, 7) is 6.97. The average molecular weight is 214 g/mol. The van der Waals surface area contributed by atoms with Gasteiger partial charge in [0.2, 0.25) is 0 Å². The van der Waals surface area contributed by atoms with Crippen LogP contribution in [0.1, 0.15) is 13.8 Å². The third kappa shape index (κ3) is 4.29. The number of ether oxygens (including phenoxy) is 2. The van der Waals surface area contributed by atoms with Crippen LogP contribution in [0, 0.1) is 0 Å². The molecule has 15 heavy (non-hydrogen) atoms. The van der Waals surface area contributed by atoms with E-state index in [1.165, 1.54) is 0 Å². The van der Waals surface area contributed by atoms with E-state index in [2.05, 4.69) is 9.89 Å². The summed E-state index contributed by atoms with van der Waals surface area (Å²) in [7, 11) is 0. The lowest BCUT2D eigenvalue weighted by atomic mass is 10.4. The maximum Gasteiger partial charge on any atom is 0.334 e. The molecule has 0 saturated heterocycles. The number of hydrogen-bond donors (Lipinski definition) is 0. The van der Waals surface area contributed by atoms with Crippen LogP contribution in [0.2, 0.25) is 0 Å². The standard InChI is InChI=1S/C10H18N2O3/c1-3-14-10(13)9(2)15-7-6-12-5-4-11-8-12/h8-9H,3-7H2,1-2H3. The smallest absolute Gasteiger partial charge is 0.334 e. The molecule has 0 aromatic carbocycles. The van der Waals surface area contributed by atoms with Crippen LogP contribution in [0.25, 0.3) is 0 Å². The molecule has 1 aliphatic heterocycles. The molecular formula is C10H18N2O3. The first-order valence-electron chi connectivity index (χ1n) is 5.26. The van der Waals surface area contributed by atoms with Crippen LogP contribution in [-0.2, 0) is 14.3 Å². The fourth-order valence-electron chi connectivity index (χ4n) is 1.26. The molecule has 0 aromatic rings. The Balaban J connectivity index is 2.08. The first-order chi connectivity index (χ1) is 7.24. The third-order valence-electron chi connectivity index (χ3n) is 2.13. The van der Waals surface area contributed by atoms with Gasteiger partial charge in [-0.3, -0.25) is 4.99 Å². The van der Waals surface area contributed by atoms with Gasteiger partial charge in [0.15, 0.2) is 6.10 Å². The van der Waals surface area contributed by atoms with Crippen molar-refractivity contribution >= 4 is 12.3 Å². The fourth-order valence-corrected chi connectivity index (χ4v) is 1.26. The number of rotatable bonds is 6. The van der Waals surface area contributed by atoms with Crippen LogP contribution in [-0.4, -0.2) is 56.2 Å². The Bertz CT molecular complexity index is 231. The topological polar surface area (TPSA) is 51.1 Å². The van der Waals surface area contributed by atoms with E-state index in [4.69, 9.17) is 9.47 Å². The molecule has 0 saturated carbocycles. The summed E-state index contributed by atoms with van der Waals surface area (Å²) in [6.07, 6.45) is 1.34. The number of carbonyl (C=O) groups is 1. The van der Waals surface area contributed by atoms with E-state index in [1.807, 2.05) is 6.34 Å². The molecule has 1 unspecified atom stereocenters. The molecule has 1 atom stereocenters. The second-order valence-corrected chi connectivity index (χ2v) is 3.32. The van der Waals surface area contributed by atoms with E-state index in [-0.39, 0.29) is 5.97 Å². The SMILES string of the molecule is CCOC(=O)C(C)OCCN1C=NCC1. The van der Waals surface area contributed by atoms with Gasteiger partial charge >= 0.3 is 5.97 Å². The van der Waals surface area contributed by atoms with E-state index in [1.54, 1.807) is 13.8 Å². The lowest BCUT2D eigenvalue weighted by Gasteiger charge is -2.16. The van der Waals surface area contributed by atoms with Crippen LogP contribution < -0.4 is 0 Å². The van der Waals surface area contributed by atoms with E-state index in [0.717, 1.165) is 19.6 Å². The molecule has 1 rings (SSSR count). The highest BCUT2D eigenvalue weighted by Gasteiger charge is 2.14. The summed E-state index contributed by atoms with van der Waals surface area (Å²) < 4.78 is 10.2. The van der Waals surface area contributed by atoms with Gasteiger partial charge in [0.05, 0.1) is 26.1 Å². The Morgan fingerprint density at radius 2 is 2.47 bits per heavy atom. The van der Waals surface area contributed by atoms with Crippen LogP contribution >= 0.6 is 0 Å². The zero-order valence-corrected chi connectivity index (χ0v) is 9.31. The Morgan fingerprint density at radius 1 is 1.67 bits per heavy atom. The van der Waals surface area contributed by atoms with Crippen molar-refractivity contribution in [3.63, 3.8) is 0 Å². The second kappa shape index (κ2) is 6.40. The van der Waals surface area contributed by atoms with Gasteiger partial charge < -0.3 is 14.4 Å². The maximum absolute atomic E-state index is 11.2. The van der Waals surface area contributed by atoms with Crippen molar-refractivity contribution in [1.82, 2.24) is 4.90 Å². The summed E-state index contributed by atoms with van der Waals surface area (Å²) in [5.74, 6) is -0.299. The lowest BCUT2D eigenvalue weighted by Crippen LogP contribution is -2.29. The van der Waals surface area contributed by atoms with Gasteiger partial charge in [0.25, 0.3) is 0 Å². The zero-order chi connectivity index (χ0) is 11.1. The van der Waals surface area contributed by atoms with Gasteiger partial charge in [-0.05, 0) is 13.8 Å². The number of nitrogens with zero attached hydrogens (tertiary/aromatic N) is 2. The van der Waals surface area contributed by atoms with Gasteiger partial charge in [-0.2, -0.15) is 0 Å². The van der Waals surface area contributed by atoms with Gasteiger partial charge in [-0.25, -0.2) is 4.79 Å². The third-order valence-corrected chi connectivity index (χ3v) is 2.13. The summed E-state index contributed by atoms with van der Waals surface area (Å²) in [4.78, 5) is 17.3. The summed E-state index contributed by atoms with van der Waals surface area (Å²) in [5.41, 5.74) is 0. The monoisotopic (exact) mass is 214 g/mol. The van der Waals surface area contributed by atoms with Crippen LogP contribution in [0.4, 0.5) is 0 Å².